The van der Waals surface area contributed by atoms with Gasteiger partial charge < -0.3 is 5.11 Å². The van der Waals surface area contributed by atoms with E-state index in [0.717, 1.165) is 0 Å². The smallest absolute Gasteiger partial charge is 0.303 e. The zero-order chi connectivity index (χ0) is 11.4. The zero-order valence-corrected chi connectivity index (χ0v) is 9.87. The topological polar surface area (TPSA) is 37.3 Å². The average molecular weight is 326 g/mol. The Kier molecular flexibility index (Phi) is 4.44. The number of hydrogen-bond donors (Lipinski definition) is 1. The van der Waals surface area contributed by atoms with E-state index in [-0.39, 0.29) is 18.4 Å². The first kappa shape index (κ1) is 12.4. The van der Waals surface area contributed by atoms with Crippen LogP contribution in [-0.4, -0.2) is 11.1 Å². The number of carboxylic acids is 1. The zero-order valence-electron chi connectivity index (χ0n) is 7.71. The van der Waals surface area contributed by atoms with Gasteiger partial charge in [-0.3, -0.25) is 4.79 Å². The minimum atomic E-state index is -2.51. The molecule has 0 bridgehead atoms. The molecule has 0 atom stereocenters. The summed E-state index contributed by atoms with van der Waals surface area (Å²) in [6.45, 7) is 0. The van der Waals surface area contributed by atoms with E-state index >= 15 is 0 Å². The third-order valence-electron chi connectivity index (χ3n) is 1.92. The molecule has 15 heavy (non-hydrogen) atoms. The van der Waals surface area contributed by atoms with Gasteiger partial charge in [-0.25, -0.2) is 8.78 Å². The Morgan fingerprint density at radius 2 is 2.13 bits per heavy atom. The van der Waals surface area contributed by atoms with Crippen LogP contribution in [0.25, 0.3) is 0 Å². The molecule has 1 aromatic rings. The summed E-state index contributed by atoms with van der Waals surface area (Å²) in [5, 5.41) is 8.46. The van der Waals surface area contributed by atoms with Crippen LogP contribution in [-0.2, 0) is 11.2 Å². The fraction of sp³-hybridized carbons (Fsp3) is 0.300. The first-order valence-electron chi connectivity index (χ1n) is 4.29. The molecule has 0 aliphatic carbocycles. The van der Waals surface area contributed by atoms with Gasteiger partial charge in [0.1, 0.15) is 0 Å². The Morgan fingerprint density at radius 1 is 1.47 bits per heavy atom. The fourth-order valence-corrected chi connectivity index (χ4v) is 1.74. The predicted molar refractivity (Wildman–Crippen MR) is 60.1 cm³/mol. The van der Waals surface area contributed by atoms with Crippen molar-refractivity contribution in [2.24, 2.45) is 0 Å². The van der Waals surface area contributed by atoms with E-state index in [9.17, 15) is 13.6 Å². The van der Waals surface area contributed by atoms with Crippen molar-refractivity contribution < 1.29 is 18.7 Å². The molecule has 0 unspecified atom stereocenters. The SMILES string of the molecule is O=C(O)CCc1ccc(I)c(C(F)F)c1. The lowest BCUT2D eigenvalue weighted by atomic mass is 10.1. The normalized spacial score (nSPS) is 10.7. The summed E-state index contributed by atoms with van der Waals surface area (Å²) < 4.78 is 25.5. The first-order valence-corrected chi connectivity index (χ1v) is 5.37. The molecule has 0 heterocycles. The number of carboxylic acid groups (broad SMARTS) is 1. The molecule has 0 spiro atoms. The molecule has 0 amide bonds. The Labute approximate surface area is 99.4 Å². The minimum absolute atomic E-state index is 0.0292. The molecular weight excluding hydrogens is 317 g/mol. The molecule has 0 aromatic heterocycles. The fourth-order valence-electron chi connectivity index (χ4n) is 1.17. The molecule has 0 aliphatic rings. The minimum Gasteiger partial charge on any atom is -0.481 e. The van der Waals surface area contributed by atoms with Crippen LogP contribution in [0.5, 0.6) is 0 Å². The van der Waals surface area contributed by atoms with Crippen LogP contribution in [0.2, 0.25) is 0 Å². The van der Waals surface area contributed by atoms with E-state index in [1.54, 1.807) is 12.1 Å². The van der Waals surface area contributed by atoms with Crippen LogP contribution < -0.4 is 0 Å². The van der Waals surface area contributed by atoms with E-state index < -0.39 is 12.4 Å². The van der Waals surface area contributed by atoms with E-state index in [1.807, 2.05) is 22.6 Å². The van der Waals surface area contributed by atoms with Crippen LogP contribution in [0.15, 0.2) is 18.2 Å². The molecule has 1 N–H and O–H groups in total. The number of rotatable bonds is 4. The molecule has 0 fully saturated rings. The molecule has 1 aromatic carbocycles. The number of benzene rings is 1. The van der Waals surface area contributed by atoms with Crippen LogP contribution in [0.1, 0.15) is 24.0 Å². The molecular formula is C10H9F2IO2. The summed E-state index contributed by atoms with van der Waals surface area (Å²) in [6, 6.07) is 4.63. The molecule has 1 rings (SSSR count). The number of halogens is 3. The molecule has 82 valence electrons. The van der Waals surface area contributed by atoms with Crippen molar-refractivity contribution in [3.8, 4) is 0 Å². The van der Waals surface area contributed by atoms with Gasteiger partial charge in [-0.15, -0.1) is 0 Å². The van der Waals surface area contributed by atoms with Crippen molar-refractivity contribution in [1.82, 2.24) is 0 Å². The summed E-state index contributed by atoms with van der Waals surface area (Å²) in [4.78, 5) is 10.3. The second-order valence-corrected chi connectivity index (χ2v) is 4.21. The average Bonchev–Trinajstić information content (AvgIpc) is 2.16. The highest BCUT2D eigenvalue weighted by Crippen LogP contribution is 2.25. The Balaban J connectivity index is 2.83. The van der Waals surface area contributed by atoms with E-state index in [1.165, 1.54) is 6.07 Å². The van der Waals surface area contributed by atoms with Gasteiger partial charge >= 0.3 is 5.97 Å². The maximum Gasteiger partial charge on any atom is 0.303 e. The standard InChI is InChI=1S/C10H9F2IO2/c11-10(12)7-5-6(1-3-8(7)13)2-4-9(14)15/h1,3,5,10H,2,4H2,(H,14,15). The lowest BCUT2D eigenvalue weighted by Gasteiger charge is -2.06. The molecule has 0 saturated carbocycles. The van der Waals surface area contributed by atoms with Gasteiger partial charge in [0.05, 0.1) is 0 Å². The third kappa shape index (κ3) is 3.73. The summed E-state index contributed by atoms with van der Waals surface area (Å²) in [5.74, 6) is -0.924. The van der Waals surface area contributed by atoms with Crippen molar-refractivity contribution in [2.45, 2.75) is 19.3 Å². The summed E-state index contributed by atoms with van der Waals surface area (Å²) in [6.07, 6.45) is -2.27. The highest BCUT2D eigenvalue weighted by molar-refractivity contribution is 14.1. The van der Waals surface area contributed by atoms with E-state index in [0.29, 0.717) is 9.13 Å². The molecule has 0 radical (unpaired) electrons. The van der Waals surface area contributed by atoms with E-state index in [2.05, 4.69) is 0 Å². The summed E-state index contributed by atoms with van der Waals surface area (Å²) in [5.41, 5.74) is 0.603. The quantitative estimate of drug-likeness (QED) is 0.863. The van der Waals surface area contributed by atoms with Gasteiger partial charge in [0.2, 0.25) is 0 Å². The van der Waals surface area contributed by atoms with Crippen LogP contribution in [0, 0.1) is 3.57 Å². The van der Waals surface area contributed by atoms with Gasteiger partial charge in [0, 0.05) is 15.6 Å². The van der Waals surface area contributed by atoms with Gasteiger partial charge in [-0.1, -0.05) is 6.07 Å². The number of aliphatic carboxylic acids is 1. The molecule has 0 saturated heterocycles. The predicted octanol–water partition coefficient (Wildman–Crippen LogP) is 3.25. The lowest BCUT2D eigenvalue weighted by Crippen LogP contribution is -1.99. The number of aryl methyl sites for hydroxylation is 1. The second kappa shape index (κ2) is 5.39. The maximum atomic E-state index is 12.5. The summed E-state index contributed by atoms with van der Waals surface area (Å²) in [7, 11) is 0. The Hall–Kier alpha value is -0.720. The van der Waals surface area contributed by atoms with Gasteiger partial charge in [-0.2, -0.15) is 0 Å². The van der Waals surface area contributed by atoms with Gasteiger partial charge in [0.15, 0.2) is 0 Å². The van der Waals surface area contributed by atoms with Crippen molar-refractivity contribution in [1.29, 1.82) is 0 Å². The maximum absolute atomic E-state index is 12.5. The highest BCUT2D eigenvalue weighted by Gasteiger charge is 2.12. The van der Waals surface area contributed by atoms with Gasteiger partial charge in [-0.05, 0) is 46.7 Å². The Bertz CT molecular complexity index is 366. The third-order valence-corrected chi connectivity index (χ3v) is 2.91. The highest BCUT2D eigenvalue weighted by atomic mass is 127. The number of alkyl halides is 2. The van der Waals surface area contributed by atoms with Gasteiger partial charge in [0.25, 0.3) is 6.43 Å². The van der Waals surface area contributed by atoms with Crippen molar-refractivity contribution >= 4 is 28.6 Å². The number of hydrogen-bond acceptors (Lipinski definition) is 1. The molecule has 2 nitrogen and oxygen atoms in total. The molecule has 0 aliphatic heterocycles. The van der Waals surface area contributed by atoms with E-state index in [4.69, 9.17) is 5.11 Å². The summed E-state index contributed by atoms with van der Waals surface area (Å²) >= 11 is 1.84. The monoisotopic (exact) mass is 326 g/mol. The first-order chi connectivity index (χ1) is 7.00. The van der Waals surface area contributed by atoms with Crippen molar-refractivity contribution in [3.63, 3.8) is 0 Å². The van der Waals surface area contributed by atoms with Crippen LogP contribution in [0.3, 0.4) is 0 Å². The van der Waals surface area contributed by atoms with Crippen molar-refractivity contribution in [3.05, 3.63) is 32.9 Å². The lowest BCUT2D eigenvalue weighted by molar-refractivity contribution is -0.136. The molecule has 5 heteroatoms. The van der Waals surface area contributed by atoms with Crippen LogP contribution in [0.4, 0.5) is 8.78 Å². The largest absolute Gasteiger partial charge is 0.481 e. The number of carbonyl (C=O) groups is 1. The van der Waals surface area contributed by atoms with Crippen molar-refractivity contribution in [2.75, 3.05) is 0 Å². The second-order valence-electron chi connectivity index (χ2n) is 3.05. The Morgan fingerprint density at radius 3 is 2.67 bits per heavy atom. The van der Waals surface area contributed by atoms with Crippen LogP contribution >= 0.6 is 22.6 Å².